The molecule has 5 heteroatoms. The van der Waals surface area contributed by atoms with Crippen LogP contribution in [0.5, 0.6) is 5.75 Å². The third-order valence-electron chi connectivity index (χ3n) is 5.09. The number of thiophene rings is 1. The van der Waals surface area contributed by atoms with Crippen LogP contribution in [0.1, 0.15) is 48.8 Å². The zero-order valence-corrected chi connectivity index (χ0v) is 18.6. The van der Waals surface area contributed by atoms with Gasteiger partial charge >= 0.3 is 0 Å². The lowest BCUT2D eigenvalue weighted by Crippen LogP contribution is -2.26. The van der Waals surface area contributed by atoms with Crippen molar-refractivity contribution in [2.24, 2.45) is 16.3 Å². The molecule has 2 aromatic rings. The lowest BCUT2D eigenvalue weighted by atomic mass is 9.72. The van der Waals surface area contributed by atoms with Gasteiger partial charge in [-0.1, -0.05) is 20.8 Å². The number of fused-ring (bicyclic) bond motifs is 1. The predicted octanol–water partition coefficient (Wildman–Crippen LogP) is 6.13. The molecule has 1 aliphatic rings. The molecule has 1 aromatic carbocycles. The molecular formula is C21H23IN2OS. The monoisotopic (exact) mass is 478 g/mol. The van der Waals surface area contributed by atoms with E-state index in [0.29, 0.717) is 11.3 Å². The maximum atomic E-state index is 9.66. The number of benzene rings is 1. The Morgan fingerprint density at radius 3 is 2.77 bits per heavy atom. The number of aliphatic imine (C=N–C) groups is 1. The van der Waals surface area contributed by atoms with E-state index in [1.54, 1.807) is 18.4 Å². The Hall–Kier alpha value is -1.39. The van der Waals surface area contributed by atoms with Crippen LogP contribution in [0.3, 0.4) is 0 Å². The van der Waals surface area contributed by atoms with E-state index in [2.05, 4.69) is 54.4 Å². The maximum Gasteiger partial charge on any atom is 0.134 e. The van der Waals surface area contributed by atoms with Crippen molar-refractivity contribution in [2.75, 3.05) is 7.11 Å². The summed E-state index contributed by atoms with van der Waals surface area (Å²) in [6.45, 7) is 6.93. The Kier molecular flexibility index (Phi) is 5.73. The van der Waals surface area contributed by atoms with E-state index in [-0.39, 0.29) is 0 Å². The molecule has 0 saturated carbocycles. The molecule has 1 aliphatic carbocycles. The second-order valence-electron chi connectivity index (χ2n) is 7.75. The summed E-state index contributed by atoms with van der Waals surface area (Å²) in [5.74, 6) is 1.53. The van der Waals surface area contributed by atoms with Gasteiger partial charge in [-0.25, -0.2) is 4.99 Å². The predicted molar refractivity (Wildman–Crippen MR) is 117 cm³/mol. The third kappa shape index (κ3) is 3.96. The molecule has 0 saturated heterocycles. The fourth-order valence-electron chi connectivity index (χ4n) is 3.41. The van der Waals surface area contributed by atoms with Crippen molar-refractivity contribution >= 4 is 45.1 Å². The van der Waals surface area contributed by atoms with E-state index in [1.165, 1.54) is 10.4 Å². The maximum absolute atomic E-state index is 9.66. The van der Waals surface area contributed by atoms with Gasteiger partial charge in [-0.05, 0) is 82.5 Å². The summed E-state index contributed by atoms with van der Waals surface area (Å²) in [4.78, 5) is 6.01. The second-order valence-corrected chi connectivity index (χ2v) is 10.00. The van der Waals surface area contributed by atoms with E-state index >= 15 is 0 Å². The number of ether oxygens (including phenoxy) is 1. The molecule has 1 heterocycles. The molecule has 3 nitrogen and oxygen atoms in total. The first-order chi connectivity index (χ1) is 12.3. The lowest BCUT2D eigenvalue weighted by molar-refractivity contribution is 0.218. The van der Waals surface area contributed by atoms with Crippen molar-refractivity contribution in [3.63, 3.8) is 0 Å². The van der Waals surface area contributed by atoms with E-state index in [0.717, 1.165) is 44.7 Å². The number of hydrogen-bond donors (Lipinski definition) is 0. The van der Waals surface area contributed by atoms with Crippen LogP contribution in [0.2, 0.25) is 0 Å². The van der Waals surface area contributed by atoms with Crippen LogP contribution < -0.4 is 4.74 Å². The van der Waals surface area contributed by atoms with Crippen LogP contribution in [0.25, 0.3) is 0 Å². The van der Waals surface area contributed by atoms with Gasteiger partial charge < -0.3 is 4.74 Å². The van der Waals surface area contributed by atoms with Crippen molar-refractivity contribution < 1.29 is 4.74 Å². The highest BCUT2D eigenvalue weighted by molar-refractivity contribution is 14.1. The van der Waals surface area contributed by atoms with Gasteiger partial charge in [0.2, 0.25) is 0 Å². The normalized spacial score (nSPS) is 17.2. The molecule has 0 aliphatic heterocycles. The Labute approximate surface area is 173 Å². The minimum atomic E-state index is 0.303. The summed E-state index contributed by atoms with van der Waals surface area (Å²) >= 11 is 3.95. The molecule has 0 radical (unpaired) electrons. The fraction of sp³-hybridized carbons (Fsp3) is 0.429. The number of nitriles is 1. The minimum absolute atomic E-state index is 0.303. The molecule has 0 fully saturated rings. The molecule has 136 valence electrons. The van der Waals surface area contributed by atoms with Crippen molar-refractivity contribution in [1.82, 2.24) is 0 Å². The Bertz CT molecular complexity index is 887. The molecule has 0 unspecified atom stereocenters. The highest BCUT2D eigenvalue weighted by atomic mass is 127. The van der Waals surface area contributed by atoms with E-state index in [4.69, 9.17) is 4.74 Å². The number of rotatable bonds is 3. The molecule has 0 bridgehead atoms. The molecule has 1 atom stereocenters. The Morgan fingerprint density at radius 1 is 1.38 bits per heavy atom. The van der Waals surface area contributed by atoms with E-state index in [9.17, 15) is 5.26 Å². The Balaban J connectivity index is 1.89. The molecule has 0 N–H and O–H groups in total. The lowest BCUT2D eigenvalue weighted by Gasteiger charge is -2.33. The van der Waals surface area contributed by atoms with Crippen LogP contribution in [0.4, 0.5) is 5.00 Å². The first-order valence-electron chi connectivity index (χ1n) is 8.75. The molecule has 3 rings (SSSR count). The van der Waals surface area contributed by atoms with Crippen molar-refractivity contribution in [2.45, 2.75) is 40.0 Å². The average Bonchev–Trinajstić information content (AvgIpc) is 2.96. The fourth-order valence-corrected chi connectivity index (χ4v) is 5.39. The van der Waals surface area contributed by atoms with Crippen LogP contribution in [0, 0.1) is 26.2 Å². The first kappa shape index (κ1) is 19.4. The summed E-state index contributed by atoms with van der Waals surface area (Å²) in [6, 6.07) is 8.37. The van der Waals surface area contributed by atoms with Crippen molar-refractivity contribution in [3.05, 3.63) is 43.3 Å². The first-order valence-corrected chi connectivity index (χ1v) is 10.6. The topological polar surface area (TPSA) is 45.4 Å². The zero-order chi connectivity index (χ0) is 18.9. The van der Waals surface area contributed by atoms with Gasteiger partial charge in [-0.15, -0.1) is 11.3 Å². The van der Waals surface area contributed by atoms with Crippen LogP contribution in [-0.2, 0) is 12.8 Å². The van der Waals surface area contributed by atoms with Crippen LogP contribution >= 0.6 is 33.9 Å². The molecule has 1 aromatic heterocycles. The summed E-state index contributed by atoms with van der Waals surface area (Å²) in [6.07, 6.45) is 5.06. The highest BCUT2D eigenvalue weighted by Gasteiger charge is 2.32. The largest absolute Gasteiger partial charge is 0.496 e. The average molecular weight is 478 g/mol. The van der Waals surface area contributed by atoms with Gasteiger partial charge in [0.25, 0.3) is 0 Å². The highest BCUT2D eigenvalue weighted by Crippen LogP contribution is 2.44. The summed E-state index contributed by atoms with van der Waals surface area (Å²) in [5.41, 5.74) is 3.32. The molecule has 0 amide bonds. The van der Waals surface area contributed by atoms with Crippen molar-refractivity contribution in [1.29, 1.82) is 5.26 Å². The molecular weight excluding hydrogens is 455 g/mol. The van der Waals surface area contributed by atoms with Gasteiger partial charge in [0.15, 0.2) is 0 Å². The second kappa shape index (κ2) is 7.69. The summed E-state index contributed by atoms with van der Waals surface area (Å²) in [7, 11) is 1.67. The van der Waals surface area contributed by atoms with Gasteiger partial charge in [-0.2, -0.15) is 5.26 Å². The van der Waals surface area contributed by atoms with Crippen LogP contribution in [0.15, 0.2) is 23.2 Å². The molecule has 0 spiro atoms. The van der Waals surface area contributed by atoms with Gasteiger partial charge in [0.05, 0.1) is 16.2 Å². The van der Waals surface area contributed by atoms with Crippen molar-refractivity contribution in [3.8, 4) is 11.8 Å². The molecule has 26 heavy (non-hydrogen) atoms. The number of methoxy groups -OCH3 is 1. The Morgan fingerprint density at radius 2 is 2.15 bits per heavy atom. The number of hydrogen-bond acceptors (Lipinski definition) is 4. The SMILES string of the molecule is COc1ccc(C=Nc2sc3c(c2C#N)CC[C@H](C(C)(C)C)C3)cc1I. The van der Waals surface area contributed by atoms with Crippen LogP contribution in [-0.4, -0.2) is 13.3 Å². The smallest absolute Gasteiger partial charge is 0.134 e. The minimum Gasteiger partial charge on any atom is -0.496 e. The summed E-state index contributed by atoms with van der Waals surface area (Å²) < 4.78 is 6.35. The third-order valence-corrected chi connectivity index (χ3v) is 7.10. The number of halogens is 1. The standard InChI is InChI=1S/C21H23IN2OS/c1-21(2,3)14-6-7-15-16(11-23)20(26-19(15)10-14)24-12-13-5-8-18(25-4)17(22)9-13/h5,8-9,12,14H,6-7,10H2,1-4H3/t14-/m0/s1. The summed E-state index contributed by atoms with van der Waals surface area (Å²) in [5, 5.41) is 10.5. The van der Waals surface area contributed by atoms with Gasteiger partial charge in [0.1, 0.15) is 16.8 Å². The van der Waals surface area contributed by atoms with E-state index in [1.807, 2.05) is 24.4 Å². The van der Waals surface area contributed by atoms with Gasteiger partial charge in [0, 0.05) is 11.1 Å². The zero-order valence-electron chi connectivity index (χ0n) is 15.6. The van der Waals surface area contributed by atoms with Gasteiger partial charge in [-0.3, -0.25) is 0 Å². The quantitative estimate of drug-likeness (QED) is 0.393. The number of nitrogens with zero attached hydrogens (tertiary/aromatic N) is 2. The van der Waals surface area contributed by atoms with E-state index < -0.39 is 0 Å².